The van der Waals surface area contributed by atoms with E-state index in [-0.39, 0.29) is 11.3 Å². The van der Waals surface area contributed by atoms with Gasteiger partial charge in [-0.05, 0) is 24.3 Å². The molecule has 78 valence electrons. The van der Waals surface area contributed by atoms with Gasteiger partial charge in [-0.2, -0.15) is 8.78 Å². The fourth-order valence-corrected chi connectivity index (χ4v) is 0.885. The van der Waals surface area contributed by atoms with Crippen molar-refractivity contribution in [3.8, 4) is 5.75 Å². The Morgan fingerprint density at radius 3 is 2.40 bits per heavy atom. The third-order valence-corrected chi connectivity index (χ3v) is 1.47. The molecule has 1 aromatic rings. The molecule has 0 N–H and O–H groups in total. The number of halogens is 2. The number of alkyl halides is 2. The molecule has 1 aromatic carbocycles. The molecule has 0 atom stereocenters. The molecule has 15 heavy (non-hydrogen) atoms. The molecule has 0 aliphatic carbocycles. The molecule has 0 fully saturated rings. The first-order valence-corrected chi connectivity index (χ1v) is 3.80. The number of nitrogens with zero attached hydrogens (tertiary/aromatic N) is 1. The van der Waals surface area contributed by atoms with Gasteiger partial charge in [0.2, 0.25) is 6.08 Å². The van der Waals surface area contributed by atoms with Gasteiger partial charge in [0.1, 0.15) is 5.75 Å². The monoisotopic (exact) mass is 213 g/mol. The van der Waals surface area contributed by atoms with E-state index in [0.29, 0.717) is 0 Å². The van der Waals surface area contributed by atoms with Gasteiger partial charge in [-0.1, -0.05) is 0 Å². The Bertz CT molecular complexity index is 396. The molecular weight excluding hydrogens is 208 g/mol. The Morgan fingerprint density at radius 1 is 1.33 bits per heavy atom. The van der Waals surface area contributed by atoms with E-state index in [2.05, 4.69) is 9.73 Å². The third-order valence-electron chi connectivity index (χ3n) is 1.47. The van der Waals surface area contributed by atoms with Crippen molar-refractivity contribution in [1.82, 2.24) is 0 Å². The summed E-state index contributed by atoms with van der Waals surface area (Å²) in [5, 5.41) is 0. The maximum atomic E-state index is 11.7. The molecule has 0 bridgehead atoms. The van der Waals surface area contributed by atoms with Crippen LogP contribution in [0.1, 0.15) is 10.4 Å². The number of carbonyl (C=O) groups excluding carboxylic acids is 2. The summed E-state index contributed by atoms with van der Waals surface area (Å²) in [7, 11) is 0. The van der Waals surface area contributed by atoms with Crippen molar-refractivity contribution in [2.45, 2.75) is 6.61 Å². The van der Waals surface area contributed by atoms with Gasteiger partial charge < -0.3 is 4.74 Å². The van der Waals surface area contributed by atoms with Crippen molar-refractivity contribution in [2.24, 2.45) is 4.99 Å². The molecule has 0 aromatic heterocycles. The van der Waals surface area contributed by atoms with E-state index in [0.717, 1.165) is 6.08 Å². The van der Waals surface area contributed by atoms with Crippen LogP contribution in [0, 0.1) is 0 Å². The standard InChI is InChI=1S/C9H5F2NO3/c10-9(11)15-7-3-1-6(2-4-7)8(14)12-5-13/h1-4,9H. The molecule has 0 aliphatic heterocycles. The summed E-state index contributed by atoms with van der Waals surface area (Å²) in [5.74, 6) is -0.856. The summed E-state index contributed by atoms with van der Waals surface area (Å²) in [6.07, 6.45) is 1.09. The van der Waals surface area contributed by atoms with Crippen LogP contribution >= 0.6 is 0 Å². The first kappa shape index (κ1) is 11.0. The predicted octanol–water partition coefficient (Wildman–Crippen LogP) is 1.76. The Kier molecular flexibility index (Phi) is 3.65. The number of hydrogen-bond acceptors (Lipinski definition) is 3. The third kappa shape index (κ3) is 3.28. The topological polar surface area (TPSA) is 55.7 Å². The van der Waals surface area contributed by atoms with Crippen LogP contribution in [-0.2, 0) is 4.79 Å². The zero-order valence-corrected chi connectivity index (χ0v) is 7.31. The maximum absolute atomic E-state index is 11.7. The van der Waals surface area contributed by atoms with Gasteiger partial charge in [0, 0.05) is 5.56 Å². The van der Waals surface area contributed by atoms with Crippen LogP contribution in [0.5, 0.6) is 5.75 Å². The molecule has 0 saturated carbocycles. The normalized spacial score (nSPS) is 9.53. The highest BCUT2D eigenvalue weighted by molar-refractivity contribution is 5.97. The molecular formula is C9H5F2NO3. The van der Waals surface area contributed by atoms with Crippen molar-refractivity contribution in [1.29, 1.82) is 0 Å². The smallest absolute Gasteiger partial charge is 0.387 e. The lowest BCUT2D eigenvalue weighted by molar-refractivity contribution is -0.0498. The maximum Gasteiger partial charge on any atom is 0.387 e. The van der Waals surface area contributed by atoms with Crippen molar-refractivity contribution >= 4 is 12.0 Å². The number of benzene rings is 1. The molecule has 6 heteroatoms. The van der Waals surface area contributed by atoms with Gasteiger partial charge in [-0.3, -0.25) is 4.79 Å². The Hall–Kier alpha value is -2.07. The van der Waals surface area contributed by atoms with Crippen LogP contribution in [0.15, 0.2) is 29.3 Å². The van der Waals surface area contributed by atoms with Gasteiger partial charge in [0.15, 0.2) is 0 Å². The van der Waals surface area contributed by atoms with Crippen molar-refractivity contribution in [2.75, 3.05) is 0 Å². The fourth-order valence-electron chi connectivity index (χ4n) is 0.885. The van der Waals surface area contributed by atoms with E-state index < -0.39 is 12.5 Å². The number of ether oxygens (including phenoxy) is 1. The van der Waals surface area contributed by atoms with E-state index in [1.165, 1.54) is 24.3 Å². The Morgan fingerprint density at radius 2 is 1.93 bits per heavy atom. The minimum absolute atomic E-state index is 0.0726. The second kappa shape index (κ2) is 4.97. The minimum Gasteiger partial charge on any atom is -0.435 e. The van der Waals surface area contributed by atoms with Gasteiger partial charge in [0.05, 0.1) is 0 Å². The highest BCUT2D eigenvalue weighted by atomic mass is 19.3. The molecule has 0 unspecified atom stereocenters. The largest absolute Gasteiger partial charge is 0.435 e. The van der Waals surface area contributed by atoms with Crippen LogP contribution in [0.25, 0.3) is 0 Å². The van der Waals surface area contributed by atoms with Gasteiger partial charge >= 0.3 is 6.61 Å². The zero-order valence-electron chi connectivity index (χ0n) is 7.31. The molecule has 0 aliphatic rings. The number of aliphatic imine (C=N–C) groups is 1. The summed E-state index contributed by atoms with van der Waals surface area (Å²) in [5.41, 5.74) is 0.0972. The fraction of sp³-hybridized carbons (Fsp3) is 0.111. The number of rotatable bonds is 3. The van der Waals surface area contributed by atoms with E-state index in [1.54, 1.807) is 0 Å². The van der Waals surface area contributed by atoms with Gasteiger partial charge in [-0.25, -0.2) is 4.79 Å². The first-order valence-electron chi connectivity index (χ1n) is 3.80. The summed E-state index contributed by atoms with van der Waals surface area (Å²) in [6.45, 7) is -2.92. The number of isocyanates is 1. The molecule has 1 rings (SSSR count). The zero-order chi connectivity index (χ0) is 11.3. The minimum atomic E-state index is -2.92. The first-order chi connectivity index (χ1) is 7.13. The molecule has 4 nitrogen and oxygen atoms in total. The van der Waals surface area contributed by atoms with Crippen LogP contribution in [-0.4, -0.2) is 18.6 Å². The SMILES string of the molecule is O=C=NC(=O)c1ccc(OC(F)F)cc1. The summed E-state index contributed by atoms with van der Waals surface area (Å²) in [4.78, 5) is 23.6. The summed E-state index contributed by atoms with van der Waals surface area (Å²) in [6, 6.07) is 4.81. The molecule has 0 saturated heterocycles. The van der Waals surface area contributed by atoms with Crippen LogP contribution in [0.4, 0.5) is 8.78 Å². The quantitative estimate of drug-likeness (QED) is 0.567. The average molecular weight is 213 g/mol. The van der Waals surface area contributed by atoms with Gasteiger partial charge in [0.25, 0.3) is 5.91 Å². The van der Waals surface area contributed by atoms with Crippen LogP contribution < -0.4 is 4.74 Å². The highest BCUT2D eigenvalue weighted by Crippen LogP contribution is 2.15. The van der Waals surface area contributed by atoms with Crippen LogP contribution in [0.2, 0.25) is 0 Å². The van der Waals surface area contributed by atoms with E-state index in [4.69, 9.17) is 0 Å². The van der Waals surface area contributed by atoms with E-state index in [1.807, 2.05) is 0 Å². The lowest BCUT2D eigenvalue weighted by Gasteiger charge is -2.03. The van der Waals surface area contributed by atoms with Crippen molar-refractivity contribution < 1.29 is 23.1 Å². The van der Waals surface area contributed by atoms with E-state index in [9.17, 15) is 18.4 Å². The van der Waals surface area contributed by atoms with Crippen LogP contribution in [0.3, 0.4) is 0 Å². The number of carbonyl (C=O) groups is 1. The van der Waals surface area contributed by atoms with Gasteiger partial charge in [-0.15, -0.1) is 4.99 Å². The van der Waals surface area contributed by atoms with Crippen molar-refractivity contribution in [3.63, 3.8) is 0 Å². The number of amides is 1. The number of hydrogen-bond donors (Lipinski definition) is 0. The van der Waals surface area contributed by atoms with E-state index >= 15 is 0 Å². The predicted molar refractivity (Wildman–Crippen MR) is 45.5 cm³/mol. The Labute approximate surface area is 83.2 Å². The van der Waals surface area contributed by atoms with Crippen molar-refractivity contribution in [3.05, 3.63) is 29.8 Å². The molecule has 0 heterocycles. The second-order valence-corrected chi connectivity index (χ2v) is 2.41. The molecule has 0 radical (unpaired) electrons. The molecule has 0 spiro atoms. The lowest BCUT2D eigenvalue weighted by atomic mass is 10.2. The lowest BCUT2D eigenvalue weighted by Crippen LogP contribution is -2.02. The summed E-state index contributed by atoms with van der Waals surface area (Å²) >= 11 is 0. The average Bonchev–Trinajstić information content (AvgIpc) is 2.18. The molecule has 1 amide bonds. The Balaban J connectivity index is 2.80. The summed E-state index contributed by atoms with van der Waals surface area (Å²) < 4.78 is 27.5. The second-order valence-electron chi connectivity index (χ2n) is 2.41. The highest BCUT2D eigenvalue weighted by Gasteiger charge is 2.06.